The highest BCUT2D eigenvalue weighted by Gasteiger charge is 2.18. The molecule has 0 fully saturated rings. The smallest absolute Gasteiger partial charge is 0.267 e. The number of carbonyl (C=O) groups is 3. The van der Waals surface area contributed by atoms with Crippen molar-refractivity contribution in [3.05, 3.63) is 75.5 Å². The number of hydrogen-bond acceptors (Lipinski definition) is 6. The van der Waals surface area contributed by atoms with Crippen LogP contribution in [0, 0.1) is 12.7 Å². The first-order chi connectivity index (χ1) is 15.3. The molecule has 0 saturated carbocycles. The van der Waals surface area contributed by atoms with E-state index >= 15 is 0 Å². The molecular formula is C21H16FN5O3S2. The Labute approximate surface area is 189 Å². The third kappa shape index (κ3) is 4.58. The van der Waals surface area contributed by atoms with Crippen LogP contribution < -0.4 is 16.4 Å². The Morgan fingerprint density at radius 2 is 1.94 bits per heavy atom. The van der Waals surface area contributed by atoms with Gasteiger partial charge in [-0.1, -0.05) is 6.07 Å². The number of nitrogens with zero attached hydrogens (tertiary/aromatic N) is 1. The van der Waals surface area contributed by atoms with Crippen LogP contribution in [0.2, 0.25) is 0 Å². The Bertz CT molecular complexity index is 1340. The average Bonchev–Trinajstić information content (AvgIpc) is 3.47. The summed E-state index contributed by atoms with van der Waals surface area (Å²) in [5, 5.41) is 8.01. The number of aryl methyl sites for hydroxylation is 1. The molecule has 3 heterocycles. The van der Waals surface area contributed by atoms with Gasteiger partial charge in [0.2, 0.25) is 0 Å². The predicted molar refractivity (Wildman–Crippen MR) is 122 cm³/mol. The van der Waals surface area contributed by atoms with Gasteiger partial charge >= 0.3 is 0 Å². The maximum Gasteiger partial charge on any atom is 0.267 e. The van der Waals surface area contributed by atoms with Crippen molar-refractivity contribution in [3.8, 4) is 11.3 Å². The van der Waals surface area contributed by atoms with Gasteiger partial charge in [-0.25, -0.2) is 9.37 Å². The van der Waals surface area contributed by atoms with Gasteiger partial charge in [0.1, 0.15) is 11.5 Å². The Hall–Kier alpha value is -3.83. The van der Waals surface area contributed by atoms with Gasteiger partial charge in [0.15, 0.2) is 5.13 Å². The summed E-state index contributed by atoms with van der Waals surface area (Å²) in [5.41, 5.74) is 7.62. The molecule has 0 unspecified atom stereocenters. The minimum absolute atomic E-state index is 0.182. The number of carbonyl (C=O) groups excluding carboxylic acids is 3. The molecule has 0 spiro atoms. The van der Waals surface area contributed by atoms with Crippen LogP contribution in [0.4, 0.5) is 14.5 Å². The number of thiophene rings is 1. The van der Waals surface area contributed by atoms with Crippen LogP contribution >= 0.6 is 22.7 Å². The molecule has 3 amide bonds. The Morgan fingerprint density at radius 3 is 2.66 bits per heavy atom. The molecule has 0 aliphatic carbocycles. The third-order valence-electron chi connectivity index (χ3n) is 4.42. The molecule has 0 radical (unpaired) electrons. The molecule has 162 valence electrons. The van der Waals surface area contributed by atoms with E-state index in [0.29, 0.717) is 31.8 Å². The summed E-state index contributed by atoms with van der Waals surface area (Å²) in [6, 6.07) is 8.61. The Morgan fingerprint density at radius 1 is 1.12 bits per heavy atom. The average molecular weight is 470 g/mol. The SMILES string of the molecule is Cc1cc(NC(=O)c2cccc(F)c2)sc1C(=O)Nc1nc(-c2c[nH]c(C(N)=O)c2)cs1. The number of aromatic nitrogens is 2. The number of halogens is 1. The van der Waals surface area contributed by atoms with Crippen molar-refractivity contribution >= 4 is 50.5 Å². The number of aromatic amines is 1. The number of rotatable bonds is 6. The van der Waals surface area contributed by atoms with Gasteiger partial charge in [0.05, 0.1) is 15.6 Å². The molecule has 0 atom stereocenters. The molecule has 3 aromatic heterocycles. The number of benzene rings is 1. The van der Waals surface area contributed by atoms with Crippen LogP contribution in [0.1, 0.15) is 36.1 Å². The molecule has 0 aliphatic heterocycles. The summed E-state index contributed by atoms with van der Waals surface area (Å²) < 4.78 is 13.3. The third-order valence-corrected chi connectivity index (χ3v) is 6.33. The second-order valence-electron chi connectivity index (χ2n) is 6.75. The number of nitrogens with two attached hydrogens (primary N) is 1. The van der Waals surface area contributed by atoms with Crippen LogP contribution in [-0.4, -0.2) is 27.7 Å². The minimum Gasteiger partial charge on any atom is -0.364 e. The topological polar surface area (TPSA) is 130 Å². The summed E-state index contributed by atoms with van der Waals surface area (Å²) in [6.07, 6.45) is 1.61. The highest BCUT2D eigenvalue weighted by Crippen LogP contribution is 2.30. The fraction of sp³-hybridized carbons (Fsp3) is 0.0476. The molecular weight excluding hydrogens is 453 g/mol. The van der Waals surface area contributed by atoms with Gasteiger partial charge in [-0.15, -0.1) is 22.7 Å². The highest BCUT2D eigenvalue weighted by molar-refractivity contribution is 7.18. The van der Waals surface area contributed by atoms with Crippen molar-refractivity contribution in [1.82, 2.24) is 9.97 Å². The summed E-state index contributed by atoms with van der Waals surface area (Å²) in [4.78, 5) is 43.8. The van der Waals surface area contributed by atoms with Crippen LogP contribution in [-0.2, 0) is 0 Å². The maximum atomic E-state index is 13.3. The fourth-order valence-electron chi connectivity index (χ4n) is 2.89. The fourth-order valence-corrected chi connectivity index (χ4v) is 4.56. The zero-order valence-electron chi connectivity index (χ0n) is 16.6. The summed E-state index contributed by atoms with van der Waals surface area (Å²) in [7, 11) is 0. The van der Waals surface area contributed by atoms with E-state index in [2.05, 4.69) is 20.6 Å². The van der Waals surface area contributed by atoms with Crippen LogP contribution in [0.5, 0.6) is 0 Å². The van der Waals surface area contributed by atoms with E-state index in [1.54, 1.807) is 30.6 Å². The monoisotopic (exact) mass is 469 g/mol. The van der Waals surface area contributed by atoms with Gasteiger partial charge in [0, 0.05) is 22.7 Å². The summed E-state index contributed by atoms with van der Waals surface area (Å²) >= 11 is 2.34. The molecule has 0 saturated heterocycles. The summed E-state index contributed by atoms with van der Waals surface area (Å²) in [6.45, 7) is 1.75. The largest absolute Gasteiger partial charge is 0.364 e. The number of amides is 3. The van der Waals surface area contributed by atoms with E-state index in [9.17, 15) is 18.8 Å². The molecule has 4 rings (SSSR count). The van der Waals surface area contributed by atoms with E-state index in [1.165, 1.54) is 29.5 Å². The van der Waals surface area contributed by atoms with Crippen molar-refractivity contribution < 1.29 is 18.8 Å². The number of anilines is 2. The molecule has 11 heteroatoms. The second kappa shape index (κ2) is 8.73. The van der Waals surface area contributed by atoms with E-state index in [1.807, 2.05) is 0 Å². The van der Waals surface area contributed by atoms with Crippen LogP contribution in [0.25, 0.3) is 11.3 Å². The van der Waals surface area contributed by atoms with Crippen molar-refractivity contribution in [1.29, 1.82) is 0 Å². The van der Waals surface area contributed by atoms with E-state index in [0.717, 1.165) is 17.4 Å². The zero-order chi connectivity index (χ0) is 22.8. The van der Waals surface area contributed by atoms with Gasteiger partial charge in [-0.3, -0.25) is 19.7 Å². The highest BCUT2D eigenvalue weighted by atomic mass is 32.1. The van der Waals surface area contributed by atoms with Crippen molar-refractivity contribution in [3.63, 3.8) is 0 Å². The lowest BCUT2D eigenvalue weighted by Crippen LogP contribution is -2.11. The van der Waals surface area contributed by atoms with Gasteiger partial charge in [0.25, 0.3) is 17.7 Å². The second-order valence-corrected chi connectivity index (χ2v) is 8.66. The van der Waals surface area contributed by atoms with Crippen LogP contribution in [0.15, 0.2) is 48.0 Å². The number of thiazole rings is 1. The lowest BCUT2D eigenvalue weighted by molar-refractivity contribution is 0.0993. The van der Waals surface area contributed by atoms with E-state index in [-0.39, 0.29) is 17.2 Å². The summed E-state index contributed by atoms with van der Waals surface area (Å²) in [5.74, 6) is -1.92. The standard InChI is InChI=1S/C21H16FN5O3S2/c1-10-5-16(26-19(29)11-3-2-4-13(22)6-11)32-17(10)20(30)27-21-25-15(9-31-21)12-7-14(18(23)28)24-8-12/h2-9,24H,1H3,(H2,23,28)(H,26,29)(H,25,27,30). The number of primary amides is 1. The van der Waals surface area contributed by atoms with E-state index in [4.69, 9.17) is 5.73 Å². The van der Waals surface area contributed by atoms with Crippen molar-refractivity contribution in [2.75, 3.05) is 10.6 Å². The Balaban J connectivity index is 1.45. The van der Waals surface area contributed by atoms with Crippen molar-refractivity contribution in [2.45, 2.75) is 6.92 Å². The van der Waals surface area contributed by atoms with Crippen molar-refractivity contribution in [2.24, 2.45) is 5.73 Å². The molecule has 4 aromatic rings. The zero-order valence-corrected chi connectivity index (χ0v) is 18.2. The molecule has 8 nitrogen and oxygen atoms in total. The minimum atomic E-state index is -0.575. The first kappa shape index (κ1) is 21.4. The van der Waals surface area contributed by atoms with Gasteiger partial charge in [-0.2, -0.15) is 0 Å². The lowest BCUT2D eigenvalue weighted by Gasteiger charge is -2.02. The van der Waals surface area contributed by atoms with Crippen LogP contribution in [0.3, 0.4) is 0 Å². The number of hydrogen-bond donors (Lipinski definition) is 4. The van der Waals surface area contributed by atoms with Gasteiger partial charge in [-0.05, 0) is 42.8 Å². The molecule has 1 aromatic carbocycles. The molecule has 5 N–H and O–H groups in total. The maximum absolute atomic E-state index is 13.3. The molecule has 0 aliphatic rings. The molecule has 32 heavy (non-hydrogen) atoms. The van der Waals surface area contributed by atoms with Gasteiger partial charge < -0.3 is 16.0 Å². The van der Waals surface area contributed by atoms with E-state index < -0.39 is 17.6 Å². The first-order valence-corrected chi connectivity index (χ1v) is 10.9. The quantitative estimate of drug-likeness (QED) is 0.336. The number of nitrogens with one attached hydrogen (secondary N) is 3. The number of H-pyrrole nitrogens is 1. The predicted octanol–water partition coefficient (Wildman–Crippen LogP) is 4.25. The Kier molecular flexibility index (Phi) is 5.84. The lowest BCUT2D eigenvalue weighted by atomic mass is 10.2. The first-order valence-electron chi connectivity index (χ1n) is 9.23. The normalized spacial score (nSPS) is 10.7. The molecule has 0 bridgehead atoms.